The molecule has 0 fully saturated rings. The summed E-state index contributed by atoms with van der Waals surface area (Å²) >= 11 is 0. The first kappa shape index (κ1) is 45.4. The first-order chi connectivity index (χ1) is 36.7. The number of rotatable bonds is 13. The molecule has 350 valence electrons. The van der Waals surface area contributed by atoms with Crippen LogP contribution in [0.5, 0.6) is 0 Å². The lowest BCUT2D eigenvalue weighted by Crippen LogP contribution is -2.01. The Morgan fingerprint density at radius 3 is 0.635 bits per heavy atom. The summed E-state index contributed by atoms with van der Waals surface area (Å²) in [5.41, 5.74) is 24.5. The molecule has 0 radical (unpaired) electrons. The Morgan fingerprint density at radius 2 is 0.365 bits per heavy atom. The highest BCUT2D eigenvalue weighted by molar-refractivity contribution is 5.98. The zero-order valence-electron chi connectivity index (χ0n) is 40.9. The van der Waals surface area contributed by atoms with Crippen molar-refractivity contribution in [1.29, 1.82) is 0 Å². The molecule has 0 aliphatic carbocycles. The lowest BCUT2D eigenvalue weighted by atomic mass is 9.92. The van der Waals surface area contributed by atoms with Gasteiger partial charge in [-0.15, -0.1) is 0 Å². The smallest absolute Gasteiger partial charge is 0.0543 e. The molecule has 74 heavy (non-hydrogen) atoms. The SMILES string of the molecule is c1ccc(-c2cc(Nc3c(-c4cccc(-c5ccccc5)c4)cccc3-c3cccc(-c4ccccc4)c3)cc(Nc3c(-c4cccc(-c5ccccc5)c4)cccc3-c3cccc(-c4ccccc4)c3)c2)cc1. The zero-order chi connectivity index (χ0) is 49.5. The molecule has 2 N–H and O–H groups in total. The molecule has 0 bridgehead atoms. The van der Waals surface area contributed by atoms with E-state index in [4.69, 9.17) is 0 Å². The largest absolute Gasteiger partial charge is 0.354 e. The van der Waals surface area contributed by atoms with E-state index in [2.05, 4.69) is 314 Å². The predicted octanol–water partition coefficient (Wildman–Crippen LogP) is 20.2. The van der Waals surface area contributed by atoms with Gasteiger partial charge in [0, 0.05) is 33.6 Å². The van der Waals surface area contributed by atoms with Gasteiger partial charge in [-0.3, -0.25) is 0 Å². The lowest BCUT2D eigenvalue weighted by Gasteiger charge is -2.22. The van der Waals surface area contributed by atoms with Gasteiger partial charge in [-0.1, -0.05) is 261 Å². The molecule has 0 saturated carbocycles. The number of para-hydroxylation sites is 2. The molecule has 12 aromatic carbocycles. The summed E-state index contributed by atoms with van der Waals surface area (Å²) in [6.45, 7) is 0. The Labute approximate surface area is 434 Å². The van der Waals surface area contributed by atoms with Crippen molar-refractivity contribution in [3.8, 4) is 100 Å². The van der Waals surface area contributed by atoms with Gasteiger partial charge in [-0.25, -0.2) is 0 Å². The van der Waals surface area contributed by atoms with Crippen molar-refractivity contribution < 1.29 is 0 Å². The van der Waals surface area contributed by atoms with Crippen LogP contribution in [-0.4, -0.2) is 0 Å². The summed E-state index contributed by atoms with van der Waals surface area (Å²) in [4.78, 5) is 0. The Kier molecular flexibility index (Phi) is 12.8. The number of anilines is 4. The van der Waals surface area contributed by atoms with Crippen molar-refractivity contribution in [2.75, 3.05) is 10.6 Å². The van der Waals surface area contributed by atoms with E-state index in [0.29, 0.717) is 0 Å². The minimum atomic E-state index is 0.956. The third-order valence-electron chi connectivity index (χ3n) is 13.8. The number of nitrogens with one attached hydrogen (secondary N) is 2. The minimum absolute atomic E-state index is 0.956. The second kappa shape index (κ2) is 20.9. The van der Waals surface area contributed by atoms with Crippen LogP contribution in [0.1, 0.15) is 0 Å². The summed E-state index contributed by atoms with van der Waals surface area (Å²) in [6.07, 6.45) is 0. The maximum absolute atomic E-state index is 4.10. The minimum Gasteiger partial charge on any atom is -0.354 e. The molecule has 0 spiro atoms. The van der Waals surface area contributed by atoms with Gasteiger partial charge in [-0.2, -0.15) is 0 Å². The summed E-state index contributed by atoms with van der Waals surface area (Å²) in [7, 11) is 0. The van der Waals surface area contributed by atoms with Crippen LogP contribution in [0.25, 0.3) is 100 Å². The van der Waals surface area contributed by atoms with E-state index < -0.39 is 0 Å². The highest BCUT2D eigenvalue weighted by Crippen LogP contribution is 2.45. The Balaban J connectivity index is 1.03. The van der Waals surface area contributed by atoms with Crippen LogP contribution in [0.3, 0.4) is 0 Å². The molecule has 12 rings (SSSR count). The maximum atomic E-state index is 4.10. The standard InChI is InChI=1S/C72H52N2/c1-6-22-51(23-7-1)56-32-16-36-60(44-56)67-40-20-41-68(61-37-17-33-57(45-61)52-24-8-2-9-25-52)71(67)73-65-48-64(55-30-14-5-15-31-55)49-66(50-65)74-72-69(62-38-18-34-58(46-62)53-26-10-3-11-27-53)42-21-43-70(72)63-39-19-35-59(47-63)54-28-12-4-13-29-54/h1-50,73-74H. The van der Waals surface area contributed by atoms with Gasteiger partial charge < -0.3 is 10.6 Å². The first-order valence-corrected chi connectivity index (χ1v) is 25.3. The number of hydrogen-bond acceptors (Lipinski definition) is 2. The molecule has 2 nitrogen and oxygen atoms in total. The van der Waals surface area contributed by atoms with Crippen molar-refractivity contribution in [2.45, 2.75) is 0 Å². The molecular formula is C72H52N2. The third-order valence-corrected chi connectivity index (χ3v) is 13.8. The average molecular weight is 945 g/mol. The van der Waals surface area contributed by atoms with E-state index in [-0.39, 0.29) is 0 Å². The molecule has 0 unspecified atom stereocenters. The van der Waals surface area contributed by atoms with E-state index in [1.165, 1.54) is 44.5 Å². The normalized spacial score (nSPS) is 11.0. The summed E-state index contributed by atoms with van der Waals surface area (Å²) < 4.78 is 0. The molecule has 0 saturated heterocycles. The molecule has 0 atom stereocenters. The van der Waals surface area contributed by atoms with Crippen LogP contribution >= 0.6 is 0 Å². The molecular weight excluding hydrogens is 893 g/mol. The fraction of sp³-hybridized carbons (Fsp3) is 0. The number of hydrogen-bond donors (Lipinski definition) is 2. The van der Waals surface area contributed by atoms with E-state index in [9.17, 15) is 0 Å². The van der Waals surface area contributed by atoms with Gasteiger partial charge in [0.1, 0.15) is 0 Å². The van der Waals surface area contributed by atoms with Crippen LogP contribution in [0.15, 0.2) is 303 Å². The van der Waals surface area contributed by atoms with Gasteiger partial charge in [-0.05, 0) is 120 Å². The molecule has 2 heteroatoms. The maximum Gasteiger partial charge on any atom is 0.0543 e. The summed E-state index contributed by atoms with van der Waals surface area (Å²) in [5, 5.41) is 8.19. The number of benzene rings is 12. The highest BCUT2D eigenvalue weighted by atomic mass is 14.9. The molecule has 0 aliphatic rings. The van der Waals surface area contributed by atoms with Gasteiger partial charge >= 0.3 is 0 Å². The zero-order valence-corrected chi connectivity index (χ0v) is 40.9. The highest BCUT2D eigenvalue weighted by Gasteiger charge is 2.18. The van der Waals surface area contributed by atoms with Crippen LogP contribution in [0.4, 0.5) is 22.7 Å². The van der Waals surface area contributed by atoms with Gasteiger partial charge in [0.25, 0.3) is 0 Å². The van der Waals surface area contributed by atoms with E-state index >= 15 is 0 Å². The van der Waals surface area contributed by atoms with Crippen LogP contribution in [0.2, 0.25) is 0 Å². The Hall–Kier alpha value is -9.76. The Bertz CT molecular complexity index is 3430. The fourth-order valence-electron chi connectivity index (χ4n) is 10.2. The Morgan fingerprint density at radius 1 is 0.149 bits per heavy atom. The van der Waals surface area contributed by atoms with Gasteiger partial charge in [0.05, 0.1) is 11.4 Å². The summed E-state index contributed by atoms with van der Waals surface area (Å²) in [6, 6.07) is 109. The lowest BCUT2D eigenvalue weighted by molar-refractivity contribution is 1.48. The molecule has 0 aliphatic heterocycles. The average Bonchev–Trinajstić information content (AvgIpc) is 3.48. The van der Waals surface area contributed by atoms with Crippen molar-refractivity contribution in [1.82, 2.24) is 0 Å². The van der Waals surface area contributed by atoms with Crippen molar-refractivity contribution in [2.24, 2.45) is 0 Å². The molecule has 0 heterocycles. The second-order valence-electron chi connectivity index (χ2n) is 18.7. The first-order valence-electron chi connectivity index (χ1n) is 25.3. The fourth-order valence-corrected chi connectivity index (χ4v) is 10.2. The molecule has 0 amide bonds. The summed E-state index contributed by atoms with van der Waals surface area (Å²) in [5.74, 6) is 0. The topological polar surface area (TPSA) is 24.1 Å². The third kappa shape index (κ3) is 9.81. The van der Waals surface area contributed by atoms with E-state index in [1.807, 2.05) is 0 Å². The van der Waals surface area contributed by atoms with Crippen molar-refractivity contribution in [3.05, 3.63) is 303 Å². The monoisotopic (exact) mass is 944 g/mol. The predicted molar refractivity (Wildman–Crippen MR) is 315 cm³/mol. The van der Waals surface area contributed by atoms with Gasteiger partial charge in [0.2, 0.25) is 0 Å². The van der Waals surface area contributed by atoms with Crippen LogP contribution in [-0.2, 0) is 0 Å². The van der Waals surface area contributed by atoms with Crippen molar-refractivity contribution in [3.63, 3.8) is 0 Å². The van der Waals surface area contributed by atoms with Crippen molar-refractivity contribution >= 4 is 22.7 Å². The molecule has 12 aromatic rings. The van der Waals surface area contributed by atoms with Gasteiger partial charge in [0.15, 0.2) is 0 Å². The van der Waals surface area contributed by atoms with E-state index in [1.54, 1.807) is 0 Å². The second-order valence-corrected chi connectivity index (χ2v) is 18.7. The molecule has 0 aromatic heterocycles. The van der Waals surface area contributed by atoms with Crippen LogP contribution < -0.4 is 10.6 Å². The quantitative estimate of drug-likeness (QED) is 0.120. The van der Waals surface area contributed by atoms with Crippen LogP contribution in [0, 0.1) is 0 Å². The van der Waals surface area contributed by atoms with E-state index in [0.717, 1.165) is 78.4 Å².